The second kappa shape index (κ2) is 23.9. The van der Waals surface area contributed by atoms with Gasteiger partial charge in [0.05, 0.1) is 54.4 Å². The molecule has 0 amide bonds. The second-order valence-corrected chi connectivity index (χ2v) is 20.1. The van der Waals surface area contributed by atoms with E-state index >= 15 is 0 Å². The lowest BCUT2D eigenvalue weighted by Gasteiger charge is -2.32. The van der Waals surface area contributed by atoms with E-state index in [1.807, 2.05) is 6.07 Å². The molecule has 0 atom stereocenters. The third-order valence-electron chi connectivity index (χ3n) is 11.4. The summed E-state index contributed by atoms with van der Waals surface area (Å²) < 4.78 is 89.7. The second-order valence-electron chi connectivity index (χ2n) is 16.1. The number of para-hydroxylation sites is 2. The predicted octanol–water partition coefficient (Wildman–Crippen LogP) is 4.71. The predicted molar refractivity (Wildman–Crippen MR) is 250 cm³/mol. The average molecular weight is 925 g/mol. The summed E-state index contributed by atoms with van der Waals surface area (Å²) in [6, 6.07) is 25.8. The van der Waals surface area contributed by atoms with Crippen LogP contribution in [-0.4, -0.2) is 153 Å². The Labute approximate surface area is 377 Å². The number of likely N-dealkylation sites (N-methyl/N-ethyl adjacent to an activating group) is 2. The van der Waals surface area contributed by atoms with Crippen molar-refractivity contribution in [3.63, 3.8) is 0 Å². The van der Waals surface area contributed by atoms with Crippen LogP contribution >= 0.6 is 0 Å². The van der Waals surface area contributed by atoms with Gasteiger partial charge in [0.1, 0.15) is 11.6 Å². The van der Waals surface area contributed by atoms with Crippen LogP contribution in [-0.2, 0) is 37.9 Å². The normalized spacial score (nSPS) is 15.5. The Morgan fingerprint density at radius 1 is 0.641 bits per heavy atom. The summed E-state index contributed by atoms with van der Waals surface area (Å²) in [5, 5.41) is 7.79. The number of methoxy groups -OCH3 is 1. The molecule has 2 aliphatic heterocycles. The zero-order chi connectivity index (χ0) is 46.3. The first-order valence-corrected chi connectivity index (χ1v) is 24.7. The lowest BCUT2D eigenvalue weighted by atomic mass is 10.1. The van der Waals surface area contributed by atoms with E-state index < -0.39 is 37.7 Å². The van der Waals surface area contributed by atoms with Gasteiger partial charge in [-0.2, -0.15) is 0 Å². The van der Waals surface area contributed by atoms with Crippen molar-refractivity contribution >= 4 is 43.1 Å². The molecule has 18 heteroatoms. The minimum absolute atomic E-state index is 0.00818. The number of nitrogens with one attached hydrogen (secondary N) is 1. The molecule has 0 spiro atoms. The van der Waals surface area contributed by atoms with Crippen molar-refractivity contribution < 1.29 is 35.1 Å². The van der Waals surface area contributed by atoms with Gasteiger partial charge in [-0.3, -0.25) is 8.61 Å². The van der Waals surface area contributed by atoms with Gasteiger partial charge in [0, 0.05) is 70.0 Å². The van der Waals surface area contributed by atoms with Crippen molar-refractivity contribution in [2.24, 2.45) is 5.73 Å². The average Bonchev–Trinajstić information content (AvgIpc) is 3.29. The highest BCUT2D eigenvalue weighted by molar-refractivity contribution is 7.93. The summed E-state index contributed by atoms with van der Waals surface area (Å²) in [5.74, 6) is -1.88. The van der Waals surface area contributed by atoms with E-state index in [4.69, 9.17) is 11.1 Å². The third-order valence-corrected chi connectivity index (χ3v) is 15.0. The SMILES string of the molecule is CN1CCN(CCCS(=O)(=O)N(Cc2ccc(C(=N)CN)cc2F)c2ccccc2)CC1.COC(=O)c1ccc(CN(c2ccccc2)S(=O)(=O)CCCN2CCN(C)CC2)c(F)c1. The minimum Gasteiger partial charge on any atom is -0.465 e. The number of ether oxygens (including phenoxy) is 1. The van der Waals surface area contributed by atoms with Gasteiger partial charge in [-0.1, -0.05) is 54.6 Å². The number of nitrogens with zero attached hydrogens (tertiary/aromatic N) is 6. The number of hydrogen-bond acceptors (Lipinski definition) is 12. The van der Waals surface area contributed by atoms with Crippen LogP contribution in [0.15, 0.2) is 97.1 Å². The lowest BCUT2D eigenvalue weighted by Crippen LogP contribution is -2.45. The van der Waals surface area contributed by atoms with Crippen LogP contribution in [0.5, 0.6) is 0 Å². The Balaban J connectivity index is 0.000000241. The number of sulfonamides is 2. The first-order chi connectivity index (χ1) is 30.6. The fraction of sp³-hybridized carbons (Fsp3) is 0.435. The quantitative estimate of drug-likeness (QED) is 0.0990. The van der Waals surface area contributed by atoms with E-state index in [-0.39, 0.29) is 53.5 Å². The largest absolute Gasteiger partial charge is 0.465 e. The van der Waals surface area contributed by atoms with Crippen LogP contribution in [0.4, 0.5) is 20.2 Å². The van der Waals surface area contributed by atoms with Crippen LogP contribution in [0.3, 0.4) is 0 Å². The number of carbonyl (C=O) groups is 1. The molecule has 0 radical (unpaired) electrons. The molecule has 0 aliphatic carbocycles. The maximum atomic E-state index is 14.8. The topological polar surface area (TPSA) is 164 Å². The number of benzene rings is 4. The van der Waals surface area contributed by atoms with Crippen LogP contribution in [0.25, 0.3) is 0 Å². The van der Waals surface area contributed by atoms with E-state index in [0.717, 1.165) is 65.0 Å². The lowest BCUT2D eigenvalue weighted by molar-refractivity contribution is 0.0600. The van der Waals surface area contributed by atoms with Crippen molar-refractivity contribution in [2.75, 3.05) is 113 Å². The molecule has 0 aromatic heterocycles. The molecule has 14 nitrogen and oxygen atoms in total. The number of piperazine rings is 2. The van der Waals surface area contributed by atoms with E-state index in [1.54, 1.807) is 60.7 Å². The first-order valence-electron chi connectivity index (χ1n) is 21.5. The van der Waals surface area contributed by atoms with Gasteiger partial charge in [-0.25, -0.2) is 30.4 Å². The molecule has 2 fully saturated rings. The van der Waals surface area contributed by atoms with Crippen LogP contribution in [0.2, 0.25) is 0 Å². The summed E-state index contributed by atoms with van der Waals surface area (Å²) in [4.78, 5) is 20.7. The van der Waals surface area contributed by atoms with E-state index in [2.05, 4.69) is 38.4 Å². The van der Waals surface area contributed by atoms with Gasteiger partial charge in [-0.15, -0.1) is 0 Å². The highest BCUT2D eigenvalue weighted by Gasteiger charge is 2.27. The Hall–Kier alpha value is -4.82. The highest BCUT2D eigenvalue weighted by Crippen LogP contribution is 2.25. The fourth-order valence-electron chi connectivity index (χ4n) is 7.40. The Bertz CT molecular complexity index is 2180. The van der Waals surface area contributed by atoms with Crippen LogP contribution < -0.4 is 14.3 Å². The Morgan fingerprint density at radius 3 is 1.41 bits per heavy atom. The summed E-state index contributed by atoms with van der Waals surface area (Å²) in [5.41, 5.74) is 7.50. The van der Waals surface area contributed by atoms with Gasteiger partial charge in [0.15, 0.2) is 0 Å². The molecule has 2 heterocycles. The summed E-state index contributed by atoms with van der Waals surface area (Å²) in [6.07, 6.45) is 1.02. The third kappa shape index (κ3) is 14.6. The highest BCUT2D eigenvalue weighted by atomic mass is 32.2. The van der Waals surface area contributed by atoms with Crippen molar-refractivity contribution in [1.29, 1.82) is 5.41 Å². The standard InChI is InChI=1S/C23H32FN5O2S.C23H30FN3O4S/c1-27-11-13-28(14-12-27)10-5-15-32(30,31)29(21-6-3-2-4-7-21)18-20-9-8-19(16-22(20)24)23(26)17-25;1-25-12-14-26(15-13-25)11-6-16-32(29,30)27(21-7-4-3-5-8-21)18-20-10-9-19(17-22(20)24)23(28)31-2/h2-4,6-9,16,26H,5,10-15,17-18,25H2,1H3;3-5,7-10,17H,6,11-16,18H2,1-2H3. The molecule has 64 heavy (non-hydrogen) atoms. The zero-order valence-corrected chi connectivity index (χ0v) is 38.7. The molecular formula is C46H62F2N8O6S2. The maximum Gasteiger partial charge on any atom is 0.337 e. The molecule has 0 bridgehead atoms. The Kier molecular flexibility index (Phi) is 18.8. The number of hydrogen-bond donors (Lipinski definition) is 2. The van der Waals surface area contributed by atoms with Crippen molar-refractivity contribution in [1.82, 2.24) is 19.6 Å². The molecule has 6 rings (SSSR count). The molecule has 0 saturated carbocycles. The van der Waals surface area contributed by atoms with E-state index in [0.29, 0.717) is 36.3 Å². The van der Waals surface area contributed by atoms with Crippen molar-refractivity contribution in [3.05, 3.63) is 131 Å². The smallest absolute Gasteiger partial charge is 0.337 e. The van der Waals surface area contributed by atoms with Gasteiger partial charge < -0.3 is 35.5 Å². The molecule has 4 aromatic rings. The van der Waals surface area contributed by atoms with Crippen LogP contribution in [0, 0.1) is 17.0 Å². The summed E-state index contributed by atoms with van der Waals surface area (Å²) in [7, 11) is -1.97. The number of carbonyl (C=O) groups excluding carboxylic acids is 1. The zero-order valence-electron chi connectivity index (χ0n) is 37.0. The number of anilines is 2. The minimum atomic E-state index is -3.70. The molecular weight excluding hydrogens is 863 g/mol. The number of nitrogens with two attached hydrogens (primary N) is 1. The van der Waals surface area contributed by atoms with Crippen molar-refractivity contribution in [3.8, 4) is 0 Å². The van der Waals surface area contributed by atoms with Gasteiger partial charge in [0.2, 0.25) is 20.0 Å². The summed E-state index contributed by atoms with van der Waals surface area (Å²) in [6.45, 7) is 8.83. The maximum absolute atomic E-state index is 14.8. The molecule has 4 aromatic carbocycles. The molecule has 3 N–H and O–H groups in total. The first kappa shape index (κ1) is 50.2. The van der Waals surface area contributed by atoms with Crippen molar-refractivity contribution in [2.45, 2.75) is 25.9 Å². The van der Waals surface area contributed by atoms with Gasteiger partial charge in [0.25, 0.3) is 0 Å². The number of esters is 1. The van der Waals surface area contributed by atoms with Gasteiger partial charge in [-0.05, 0) is 88.1 Å². The molecule has 2 saturated heterocycles. The van der Waals surface area contributed by atoms with E-state index in [9.17, 15) is 30.4 Å². The number of halogens is 2. The van der Waals surface area contributed by atoms with Gasteiger partial charge >= 0.3 is 5.97 Å². The summed E-state index contributed by atoms with van der Waals surface area (Å²) >= 11 is 0. The number of rotatable bonds is 19. The fourth-order valence-corrected chi connectivity index (χ4v) is 10.4. The van der Waals surface area contributed by atoms with Crippen LogP contribution in [0.1, 0.15) is 39.9 Å². The molecule has 2 aliphatic rings. The molecule has 0 unspecified atom stereocenters. The monoisotopic (exact) mass is 924 g/mol. The van der Waals surface area contributed by atoms with E-state index in [1.165, 1.54) is 40.0 Å². The molecule has 348 valence electrons. The Morgan fingerprint density at radius 2 is 1.03 bits per heavy atom.